The van der Waals surface area contributed by atoms with Crippen molar-refractivity contribution in [1.29, 1.82) is 0 Å². The Bertz CT molecular complexity index is 2230. The van der Waals surface area contributed by atoms with E-state index in [1.54, 1.807) is 34.9 Å². The van der Waals surface area contributed by atoms with E-state index in [9.17, 15) is 19.2 Å². The minimum absolute atomic E-state index is 0.0720. The summed E-state index contributed by atoms with van der Waals surface area (Å²) < 4.78 is 34.6. The van der Waals surface area contributed by atoms with Gasteiger partial charge in [-0.05, 0) is 153 Å². The summed E-state index contributed by atoms with van der Waals surface area (Å²) in [6.45, 7) is 23.8. The van der Waals surface area contributed by atoms with E-state index in [-0.39, 0.29) is 59.6 Å². The van der Waals surface area contributed by atoms with E-state index >= 15 is 0 Å². The fourth-order valence-electron chi connectivity index (χ4n) is 7.74. The normalized spacial score (nSPS) is 21.7. The van der Waals surface area contributed by atoms with Gasteiger partial charge < -0.3 is 42.2 Å². The molecule has 3 amide bonds. The number of furan rings is 2. The van der Waals surface area contributed by atoms with E-state index in [0.717, 1.165) is 29.5 Å². The second-order valence-corrected chi connectivity index (χ2v) is 18.3. The van der Waals surface area contributed by atoms with Crippen molar-refractivity contribution in [3.63, 3.8) is 0 Å². The lowest BCUT2D eigenvalue weighted by molar-refractivity contribution is -0.117. The molecule has 6 heterocycles. The molecule has 0 N–H and O–H groups in total. The number of benzene rings is 2. The topological polar surface area (TPSA) is 141 Å². The number of anilines is 3. The molecule has 2 aromatic heterocycles. The molecule has 4 aliphatic heterocycles. The summed E-state index contributed by atoms with van der Waals surface area (Å²) in [7, 11) is -0.915. The Balaban J connectivity index is 0.000000177. The first-order chi connectivity index (χ1) is 28.4. The Morgan fingerprint density at radius 3 is 1.52 bits per heavy atom. The lowest BCUT2D eigenvalue weighted by atomic mass is 9.77. The quantitative estimate of drug-likeness (QED) is 0.152. The third-order valence-electron chi connectivity index (χ3n) is 12.5. The lowest BCUT2D eigenvalue weighted by Gasteiger charge is -2.40. The van der Waals surface area contributed by atoms with Crippen LogP contribution >= 0.6 is 11.6 Å². The SMILES string of the molecule is CC(=O)N1c2ccc(B3OC(C)(C)C(C)(C)O3)cc2CC[C@@H]1C.CC(=O)N1c2ccc(B3OC(C)(C)C(C)(C)O3)cc2N(C(=O)c2ccco2)C[C@@H]1C.O=C(Cl)c1ccco1. The largest absolute Gasteiger partial charge is 0.494 e. The number of carbonyl (C=O) groups is 4. The highest BCUT2D eigenvalue weighted by Crippen LogP contribution is 2.40. The van der Waals surface area contributed by atoms with Crippen LogP contribution in [0, 0.1) is 0 Å². The van der Waals surface area contributed by atoms with Crippen molar-refractivity contribution in [2.75, 3.05) is 21.2 Å². The van der Waals surface area contributed by atoms with Gasteiger partial charge in [-0.3, -0.25) is 19.2 Å². The molecule has 2 atom stereocenters. The Kier molecular flexibility index (Phi) is 13.0. The van der Waals surface area contributed by atoms with Crippen molar-refractivity contribution in [1.82, 2.24) is 0 Å². The zero-order chi connectivity index (χ0) is 44.8. The molecule has 2 aromatic carbocycles. The Labute approximate surface area is 364 Å². The van der Waals surface area contributed by atoms with Crippen LogP contribution in [0.2, 0.25) is 0 Å². The summed E-state index contributed by atoms with van der Waals surface area (Å²) in [5, 5.41) is -0.560. The molecule has 0 aliphatic carbocycles. The van der Waals surface area contributed by atoms with Crippen LogP contribution in [0.4, 0.5) is 17.1 Å². The van der Waals surface area contributed by atoms with Crippen LogP contribution in [0.15, 0.2) is 82.0 Å². The van der Waals surface area contributed by atoms with Gasteiger partial charge in [0.05, 0.1) is 52.3 Å². The van der Waals surface area contributed by atoms with Gasteiger partial charge in [0.2, 0.25) is 11.8 Å². The van der Waals surface area contributed by atoms with Crippen LogP contribution in [0.25, 0.3) is 0 Å². The molecule has 61 heavy (non-hydrogen) atoms. The van der Waals surface area contributed by atoms with Gasteiger partial charge in [0.1, 0.15) is 0 Å². The average Bonchev–Trinajstić information content (AvgIpc) is 3.98. The molecule has 0 unspecified atom stereocenters. The Morgan fingerprint density at radius 1 is 0.623 bits per heavy atom. The molecule has 0 saturated carbocycles. The van der Waals surface area contributed by atoms with Gasteiger partial charge in [0.25, 0.3) is 11.1 Å². The van der Waals surface area contributed by atoms with E-state index in [1.165, 1.54) is 31.1 Å². The lowest BCUT2D eigenvalue weighted by Crippen LogP contribution is -2.52. The maximum atomic E-state index is 13.2. The van der Waals surface area contributed by atoms with Crippen LogP contribution in [-0.2, 0) is 34.6 Å². The van der Waals surface area contributed by atoms with Crippen LogP contribution in [0.5, 0.6) is 0 Å². The minimum Gasteiger partial charge on any atom is -0.460 e. The molecule has 13 nitrogen and oxygen atoms in total. The van der Waals surface area contributed by atoms with E-state index < -0.39 is 23.6 Å². The summed E-state index contributed by atoms with van der Waals surface area (Å²) in [6.07, 6.45) is 4.84. The molecule has 0 radical (unpaired) electrons. The van der Waals surface area contributed by atoms with E-state index in [2.05, 4.69) is 45.1 Å². The van der Waals surface area contributed by atoms with Gasteiger partial charge in [-0.1, -0.05) is 18.2 Å². The van der Waals surface area contributed by atoms with Crippen molar-refractivity contribution in [2.24, 2.45) is 0 Å². The summed E-state index contributed by atoms with van der Waals surface area (Å²) in [6, 6.07) is 18.3. The van der Waals surface area contributed by atoms with Crippen LogP contribution in [0.1, 0.15) is 116 Å². The second-order valence-electron chi connectivity index (χ2n) is 18.0. The number of hydrogen-bond donors (Lipinski definition) is 0. The maximum absolute atomic E-state index is 13.2. The fraction of sp³-hybridized carbons (Fsp3) is 0.467. The predicted octanol–water partition coefficient (Wildman–Crippen LogP) is 7.31. The standard InChI is InChI=1S/C22H27BN2O5.C18H26BNO3.C5H3ClO2/c1-14-13-24(20(27)19-8-7-11-28-19)18-12-16(9-10-17(18)25(14)15(2)26)23-29-21(3,4)22(5,6)30-23;1-12-7-8-14-11-15(9-10-16(14)20(12)13(2)21)19-22-17(3,4)18(5,6)23-19;6-5(7)4-2-1-3-8-4/h7-12,14H,13H2,1-6H3;9-12H,7-8H2,1-6H3;1-3H/t14-;12-;/m00./s1. The summed E-state index contributed by atoms with van der Waals surface area (Å²) >= 11 is 5.01. The number of nitrogens with zero attached hydrogens (tertiary/aromatic N) is 3. The van der Waals surface area contributed by atoms with Gasteiger partial charge in [-0.2, -0.15) is 0 Å². The summed E-state index contributed by atoms with van der Waals surface area (Å²) in [5.74, 6) is 0.221. The predicted molar refractivity (Wildman–Crippen MR) is 237 cm³/mol. The monoisotopic (exact) mass is 855 g/mol. The van der Waals surface area contributed by atoms with E-state index in [0.29, 0.717) is 17.9 Å². The smallest absolute Gasteiger partial charge is 0.460 e. The highest BCUT2D eigenvalue weighted by Gasteiger charge is 2.53. The molecule has 2 fully saturated rings. The van der Waals surface area contributed by atoms with Crippen LogP contribution in [0.3, 0.4) is 0 Å². The van der Waals surface area contributed by atoms with Gasteiger partial charge in [-0.25, -0.2) is 0 Å². The second kappa shape index (κ2) is 17.2. The molecule has 324 valence electrons. The van der Waals surface area contributed by atoms with Crippen LogP contribution < -0.4 is 25.6 Å². The number of aryl methyl sites for hydroxylation is 1. The molecule has 2 saturated heterocycles. The van der Waals surface area contributed by atoms with Crippen molar-refractivity contribution < 1.29 is 46.6 Å². The van der Waals surface area contributed by atoms with Crippen LogP contribution in [-0.4, -0.2) is 78.2 Å². The number of carbonyl (C=O) groups excluding carboxylic acids is 4. The number of amides is 3. The Morgan fingerprint density at radius 2 is 1.08 bits per heavy atom. The molecular formula is C45H56B2ClN3O10. The number of hydrogen-bond acceptors (Lipinski definition) is 10. The van der Waals surface area contributed by atoms with Gasteiger partial charge >= 0.3 is 14.2 Å². The van der Waals surface area contributed by atoms with Crippen molar-refractivity contribution >= 4 is 76.8 Å². The van der Waals surface area contributed by atoms with Crippen molar-refractivity contribution in [3.8, 4) is 0 Å². The first-order valence-corrected chi connectivity index (χ1v) is 21.0. The molecule has 0 bridgehead atoms. The van der Waals surface area contributed by atoms with E-state index in [1.807, 2.05) is 69.9 Å². The third-order valence-corrected chi connectivity index (χ3v) is 12.7. The third kappa shape index (κ3) is 9.27. The molecule has 8 rings (SSSR count). The van der Waals surface area contributed by atoms with E-state index in [4.69, 9.17) is 34.6 Å². The van der Waals surface area contributed by atoms with Gasteiger partial charge in [-0.15, -0.1) is 0 Å². The van der Waals surface area contributed by atoms with Gasteiger partial charge in [0.15, 0.2) is 11.5 Å². The molecule has 4 aromatic rings. The zero-order valence-corrected chi connectivity index (χ0v) is 37.9. The first-order valence-electron chi connectivity index (χ1n) is 20.6. The van der Waals surface area contributed by atoms with Gasteiger partial charge in [0, 0.05) is 32.1 Å². The number of halogens is 1. The first kappa shape index (κ1) is 45.9. The molecule has 4 aliphatic rings. The summed E-state index contributed by atoms with van der Waals surface area (Å²) in [4.78, 5) is 52.9. The highest BCUT2D eigenvalue weighted by atomic mass is 35.5. The fourth-order valence-corrected chi connectivity index (χ4v) is 7.85. The molecule has 16 heteroatoms. The minimum atomic E-state index is -0.564. The molecule has 0 spiro atoms. The zero-order valence-electron chi connectivity index (χ0n) is 37.2. The molecular weight excluding hydrogens is 800 g/mol. The number of rotatable bonds is 4. The number of fused-ring (bicyclic) bond motifs is 2. The maximum Gasteiger partial charge on any atom is 0.494 e. The van der Waals surface area contributed by atoms with Crippen molar-refractivity contribution in [2.45, 2.75) is 130 Å². The average molecular weight is 856 g/mol. The van der Waals surface area contributed by atoms with Crippen molar-refractivity contribution in [3.05, 3.63) is 90.3 Å². The Hall–Kier alpha value is -4.66. The summed E-state index contributed by atoms with van der Waals surface area (Å²) in [5.41, 5.74) is 3.73. The highest BCUT2D eigenvalue weighted by molar-refractivity contribution is 6.67.